The normalized spacial score (nSPS) is 33.9. The molecule has 2 aromatic rings. The van der Waals surface area contributed by atoms with Crippen molar-refractivity contribution in [3.8, 4) is 0 Å². The molecule has 2 bridgehead atoms. The monoisotopic (exact) mass is 847 g/mol. The summed E-state index contributed by atoms with van der Waals surface area (Å²) < 4.78 is 43.6. The minimum absolute atomic E-state index is 0.00560. The maximum absolute atomic E-state index is 15.8. The van der Waals surface area contributed by atoms with Gasteiger partial charge in [-0.05, 0) is 75.3 Å². The van der Waals surface area contributed by atoms with Crippen LogP contribution in [0.5, 0.6) is 0 Å². The van der Waals surface area contributed by atoms with Gasteiger partial charge in [0.2, 0.25) is 0 Å². The molecule has 0 aromatic heterocycles. The van der Waals surface area contributed by atoms with E-state index in [0.717, 1.165) is 0 Å². The minimum Gasteiger partial charge on any atom is -0.457 e. The first kappa shape index (κ1) is 45.9. The van der Waals surface area contributed by atoms with Crippen LogP contribution in [-0.4, -0.2) is 104 Å². The first-order chi connectivity index (χ1) is 28.4. The molecule has 14 heteroatoms. The molecule has 1 saturated heterocycles. The van der Waals surface area contributed by atoms with E-state index in [1.807, 2.05) is 20.8 Å². The van der Waals surface area contributed by atoms with Crippen LogP contribution in [0.25, 0.3) is 0 Å². The van der Waals surface area contributed by atoms with Crippen molar-refractivity contribution in [1.82, 2.24) is 5.32 Å². The topological polar surface area (TPSA) is 182 Å². The van der Waals surface area contributed by atoms with Crippen LogP contribution < -0.4 is 5.32 Å². The second kappa shape index (κ2) is 16.2. The molecule has 332 valence electrons. The highest BCUT2D eigenvalue weighted by atomic mass is 16.6. The first-order valence-corrected chi connectivity index (χ1v) is 20.8. The van der Waals surface area contributed by atoms with Crippen LogP contribution in [0, 0.1) is 21.7 Å². The molecular formula is C47H61NO13. The van der Waals surface area contributed by atoms with E-state index in [2.05, 4.69) is 5.32 Å². The highest BCUT2D eigenvalue weighted by molar-refractivity contribution is 5.95. The van der Waals surface area contributed by atoms with Gasteiger partial charge >= 0.3 is 24.0 Å². The molecule has 14 nitrogen and oxygen atoms in total. The zero-order valence-electron chi connectivity index (χ0n) is 37.3. The van der Waals surface area contributed by atoms with Crippen molar-refractivity contribution in [2.24, 2.45) is 21.7 Å². The summed E-state index contributed by atoms with van der Waals surface area (Å²) >= 11 is 0. The number of aliphatic hydroxyl groups is 1. The van der Waals surface area contributed by atoms with Crippen molar-refractivity contribution >= 4 is 29.8 Å². The fourth-order valence-electron chi connectivity index (χ4n) is 10.9. The summed E-state index contributed by atoms with van der Waals surface area (Å²) in [6.07, 6.45) is -7.78. The molecule has 0 unspecified atom stereocenters. The molecule has 1 aliphatic heterocycles. The van der Waals surface area contributed by atoms with Crippen LogP contribution in [0.4, 0.5) is 4.79 Å². The van der Waals surface area contributed by atoms with Gasteiger partial charge in [0.1, 0.15) is 30.0 Å². The lowest BCUT2D eigenvalue weighted by molar-refractivity contribution is -0.376. The first-order valence-electron chi connectivity index (χ1n) is 20.8. The van der Waals surface area contributed by atoms with Gasteiger partial charge in [0.05, 0.1) is 35.1 Å². The third-order valence-electron chi connectivity index (χ3n) is 14.5. The second-order valence-corrected chi connectivity index (χ2v) is 19.0. The Morgan fingerprint density at radius 3 is 2.03 bits per heavy atom. The molecule has 2 N–H and O–H groups in total. The summed E-state index contributed by atoms with van der Waals surface area (Å²) in [6.45, 7) is 17.4. The van der Waals surface area contributed by atoms with Gasteiger partial charge in [0, 0.05) is 33.0 Å². The number of esters is 3. The molecule has 4 aliphatic rings. The molecule has 3 aliphatic carbocycles. The fourth-order valence-corrected chi connectivity index (χ4v) is 10.9. The van der Waals surface area contributed by atoms with E-state index in [1.165, 1.54) is 21.1 Å². The van der Waals surface area contributed by atoms with Gasteiger partial charge in [0.25, 0.3) is 0 Å². The molecule has 61 heavy (non-hydrogen) atoms. The van der Waals surface area contributed by atoms with E-state index in [-0.39, 0.29) is 25.0 Å². The van der Waals surface area contributed by atoms with E-state index in [0.29, 0.717) is 16.7 Å². The average Bonchev–Trinajstić information content (AvgIpc) is 3.19. The zero-order chi connectivity index (χ0) is 45.1. The lowest BCUT2D eigenvalue weighted by Crippen LogP contribution is -2.85. The highest BCUT2D eigenvalue weighted by Gasteiger charge is 2.83. The fraction of sp³-hybridized carbons (Fsp3) is 0.596. The van der Waals surface area contributed by atoms with Crippen LogP contribution in [0.15, 0.2) is 71.8 Å². The number of Topliss-reactive ketones (excluding diaryl/α,β-unsaturated/α-hetero) is 1. The quantitative estimate of drug-likeness (QED) is 0.156. The van der Waals surface area contributed by atoms with Crippen LogP contribution in [0.1, 0.15) is 104 Å². The Kier molecular flexibility index (Phi) is 12.2. The third-order valence-corrected chi connectivity index (χ3v) is 14.5. The summed E-state index contributed by atoms with van der Waals surface area (Å²) in [6, 6.07) is 15.6. The number of rotatable bonds is 10. The number of amides is 1. The summed E-state index contributed by atoms with van der Waals surface area (Å²) in [4.78, 5) is 71.1. The molecule has 6 rings (SSSR count). The number of ether oxygens (including phenoxy) is 7. The number of methoxy groups -OCH3 is 2. The Balaban J connectivity index is 1.55. The Labute approximate surface area is 357 Å². The Hall–Kier alpha value is -4.63. The number of benzene rings is 2. The van der Waals surface area contributed by atoms with Crippen LogP contribution in [0.2, 0.25) is 0 Å². The van der Waals surface area contributed by atoms with Gasteiger partial charge in [-0.2, -0.15) is 0 Å². The van der Waals surface area contributed by atoms with Crippen LogP contribution in [0.3, 0.4) is 0 Å². The molecule has 2 aromatic carbocycles. The summed E-state index contributed by atoms with van der Waals surface area (Å²) in [7, 11) is 2.93. The van der Waals surface area contributed by atoms with Crippen molar-refractivity contribution in [2.45, 2.75) is 136 Å². The number of hydrogen-bond donors (Lipinski definition) is 2. The molecule has 11 atom stereocenters. The number of carbonyl (C=O) groups excluding carboxylic acids is 5. The van der Waals surface area contributed by atoms with Crippen molar-refractivity contribution in [1.29, 1.82) is 0 Å². The SMILES string of the molecule is CO[C@H]1C(=O)[C@]2(C)[C@@H](OC)C[C@H]3OC[C@@]3(OC(C)=O)[C@@]2(C)[C@H](OC(=O)c2ccccc2)[C@]2(C)C[C@H](OC(=O)[C@H](O)[C@@H](NC(=O)OC(C)(C)C)c3ccccc3)C(C)=C1C2(C)C. The van der Waals surface area contributed by atoms with Gasteiger partial charge in [-0.15, -0.1) is 0 Å². The van der Waals surface area contributed by atoms with Crippen molar-refractivity contribution in [3.63, 3.8) is 0 Å². The van der Waals surface area contributed by atoms with E-state index >= 15 is 4.79 Å². The number of hydrogen-bond acceptors (Lipinski definition) is 13. The van der Waals surface area contributed by atoms with Gasteiger partial charge < -0.3 is 43.6 Å². The molecule has 1 amide bonds. The smallest absolute Gasteiger partial charge is 0.408 e. The van der Waals surface area contributed by atoms with Gasteiger partial charge in [0.15, 0.2) is 17.5 Å². The van der Waals surface area contributed by atoms with E-state index < -0.39 is 105 Å². The predicted molar refractivity (Wildman–Crippen MR) is 221 cm³/mol. The summed E-state index contributed by atoms with van der Waals surface area (Å²) in [5.41, 5.74) is -6.15. The van der Waals surface area contributed by atoms with E-state index in [4.69, 9.17) is 33.2 Å². The lowest BCUT2D eigenvalue weighted by Gasteiger charge is -2.73. The summed E-state index contributed by atoms with van der Waals surface area (Å²) in [5, 5.41) is 14.4. The number of aliphatic hydroxyl groups excluding tert-OH is 1. The van der Waals surface area contributed by atoms with Crippen LogP contribution >= 0.6 is 0 Å². The molecule has 3 fully saturated rings. The highest BCUT2D eigenvalue weighted by Crippen LogP contribution is 2.72. The molecule has 1 heterocycles. The van der Waals surface area contributed by atoms with Crippen LogP contribution in [-0.2, 0) is 47.5 Å². The van der Waals surface area contributed by atoms with E-state index in [9.17, 15) is 24.3 Å². The second-order valence-electron chi connectivity index (χ2n) is 19.0. The Morgan fingerprint density at radius 2 is 1.51 bits per heavy atom. The van der Waals surface area contributed by atoms with Crippen molar-refractivity contribution in [3.05, 3.63) is 82.9 Å². The summed E-state index contributed by atoms with van der Waals surface area (Å²) in [5.74, 6) is -2.78. The van der Waals surface area contributed by atoms with Gasteiger partial charge in [-0.3, -0.25) is 9.59 Å². The molecular weight excluding hydrogens is 787 g/mol. The number of carbonyl (C=O) groups is 5. The molecule has 0 spiro atoms. The minimum atomic E-state index is -1.92. The Morgan fingerprint density at radius 1 is 0.902 bits per heavy atom. The zero-order valence-corrected chi connectivity index (χ0v) is 37.3. The van der Waals surface area contributed by atoms with Gasteiger partial charge in [-0.1, -0.05) is 76.2 Å². The number of fused-ring (bicyclic) bond motifs is 5. The largest absolute Gasteiger partial charge is 0.457 e. The number of nitrogens with one attached hydrogen (secondary N) is 1. The number of ketones is 1. The Bertz CT molecular complexity index is 2060. The van der Waals surface area contributed by atoms with Crippen molar-refractivity contribution in [2.75, 3.05) is 20.8 Å². The standard InChI is InChI=1S/C47H61NO13/c1-26-30(58-39(53)35(50)34(28-19-15-13-16-20-28)48-41(54)61-42(3,4)5)24-44(8)40(59-38(52)29-21-17-14-18-22-29)46(10)45(9,37(51)36(56-12)33(26)43(44,6)7)31(55-11)23-32-47(46,25-57-32)60-27(2)49/h13-22,30-32,34-36,40,50H,23-25H2,1-12H3,(H,48,54)/t30-,31-,32+,34-,35+,36+,40+,44-,45-,46-,47-/m0/s1. The maximum atomic E-state index is 15.8. The predicted octanol–water partition coefficient (Wildman–Crippen LogP) is 6.23. The molecule has 0 radical (unpaired) electrons. The lowest BCUT2D eigenvalue weighted by atomic mass is 9.36. The van der Waals surface area contributed by atoms with Crippen molar-refractivity contribution < 1.29 is 62.2 Å². The maximum Gasteiger partial charge on any atom is 0.408 e. The van der Waals surface area contributed by atoms with Gasteiger partial charge in [-0.25, -0.2) is 14.4 Å². The number of alkyl carbamates (subject to hydrolysis) is 1. The van der Waals surface area contributed by atoms with E-state index in [1.54, 1.807) is 102 Å². The third kappa shape index (κ3) is 7.26. The molecule has 2 saturated carbocycles. The average molecular weight is 848 g/mol.